The molecule has 1 aromatic heterocycles. The van der Waals surface area contributed by atoms with Gasteiger partial charge in [0.15, 0.2) is 5.82 Å². The number of nitrogens with zero attached hydrogens (tertiary/aromatic N) is 2. The van der Waals surface area contributed by atoms with Crippen molar-refractivity contribution in [3.05, 3.63) is 41.0 Å². The highest BCUT2D eigenvalue weighted by Crippen LogP contribution is 2.23. The van der Waals surface area contributed by atoms with E-state index in [4.69, 9.17) is 16.1 Å². The van der Waals surface area contributed by atoms with Gasteiger partial charge >= 0.3 is 0 Å². The van der Waals surface area contributed by atoms with E-state index in [-0.39, 0.29) is 0 Å². The lowest BCUT2D eigenvalue weighted by Crippen LogP contribution is -2.27. The molecule has 0 aliphatic heterocycles. The smallest absolute Gasteiger partial charge is 0.228 e. The summed E-state index contributed by atoms with van der Waals surface area (Å²) in [6.45, 7) is 2.17. The van der Waals surface area contributed by atoms with Crippen molar-refractivity contribution in [2.45, 2.75) is 42.9 Å². The Morgan fingerprint density at radius 3 is 2.76 bits per heavy atom. The van der Waals surface area contributed by atoms with Gasteiger partial charge in [0.25, 0.3) is 0 Å². The Morgan fingerprint density at radius 1 is 1.33 bits per heavy atom. The highest BCUT2D eigenvalue weighted by atomic mass is 35.5. The summed E-state index contributed by atoms with van der Waals surface area (Å²) < 4.78 is 5.32. The molecule has 1 N–H and O–H groups in total. The second-order valence-electron chi connectivity index (χ2n) is 4.83. The van der Waals surface area contributed by atoms with Crippen LogP contribution in [0.4, 0.5) is 0 Å². The number of halogens is 1. The predicted molar refractivity (Wildman–Crippen MR) is 86.8 cm³/mol. The first-order valence-electron chi connectivity index (χ1n) is 7.08. The van der Waals surface area contributed by atoms with Gasteiger partial charge in [-0.05, 0) is 37.7 Å². The Balaban J connectivity index is 1.86. The van der Waals surface area contributed by atoms with Crippen molar-refractivity contribution in [3.63, 3.8) is 0 Å². The van der Waals surface area contributed by atoms with Crippen LogP contribution in [-0.4, -0.2) is 23.2 Å². The van der Waals surface area contributed by atoms with E-state index >= 15 is 0 Å². The fourth-order valence-corrected chi connectivity index (χ4v) is 2.89. The van der Waals surface area contributed by atoms with Crippen LogP contribution in [0.3, 0.4) is 0 Å². The largest absolute Gasteiger partial charge is 0.339 e. The molecule has 0 amide bonds. The molecular formula is C15H20ClN3OS. The Hall–Kier alpha value is -1.04. The van der Waals surface area contributed by atoms with Crippen LogP contribution in [0.1, 0.15) is 31.5 Å². The maximum absolute atomic E-state index is 5.87. The van der Waals surface area contributed by atoms with Gasteiger partial charge in [0.05, 0.1) is 5.75 Å². The van der Waals surface area contributed by atoms with Gasteiger partial charge in [-0.15, -0.1) is 11.8 Å². The van der Waals surface area contributed by atoms with Crippen LogP contribution in [0.5, 0.6) is 0 Å². The van der Waals surface area contributed by atoms with Crippen molar-refractivity contribution < 1.29 is 4.52 Å². The monoisotopic (exact) mass is 325 g/mol. The zero-order valence-electron chi connectivity index (χ0n) is 12.3. The Bertz CT molecular complexity index is 544. The minimum atomic E-state index is 0.396. The zero-order chi connectivity index (χ0) is 15.1. The van der Waals surface area contributed by atoms with Crippen molar-refractivity contribution in [1.82, 2.24) is 15.5 Å². The van der Waals surface area contributed by atoms with E-state index in [1.54, 1.807) is 11.8 Å². The van der Waals surface area contributed by atoms with Crippen LogP contribution < -0.4 is 5.32 Å². The fourth-order valence-electron chi connectivity index (χ4n) is 2.02. The van der Waals surface area contributed by atoms with E-state index in [0.29, 0.717) is 17.7 Å². The molecule has 0 bridgehead atoms. The molecule has 0 aliphatic rings. The number of benzene rings is 1. The van der Waals surface area contributed by atoms with Gasteiger partial charge in [0, 0.05) is 22.4 Å². The predicted octanol–water partition coefficient (Wildman–Crippen LogP) is 3.95. The fraction of sp³-hybridized carbons (Fsp3) is 0.467. The molecule has 0 aliphatic carbocycles. The Kier molecular flexibility index (Phi) is 6.54. The number of hydrogen-bond acceptors (Lipinski definition) is 5. The first-order chi connectivity index (χ1) is 10.2. The number of thioether (sulfide) groups is 1. The van der Waals surface area contributed by atoms with Crippen LogP contribution in [0.25, 0.3) is 0 Å². The molecule has 1 aromatic carbocycles. The maximum atomic E-state index is 5.87. The van der Waals surface area contributed by atoms with E-state index in [0.717, 1.165) is 35.0 Å². The molecule has 114 valence electrons. The van der Waals surface area contributed by atoms with Crippen molar-refractivity contribution in [3.8, 4) is 0 Å². The van der Waals surface area contributed by atoms with Crippen molar-refractivity contribution >= 4 is 23.4 Å². The molecule has 0 saturated carbocycles. The van der Waals surface area contributed by atoms with E-state index in [9.17, 15) is 0 Å². The Morgan fingerprint density at radius 2 is 2.10 bits per heavy atom. The van der Waals surface area contributed by atoms with Crippen molar-refractivity contribution in [2.75, 3.05) is 7.05 Å². The maximum Gasteiger partial charge on any atom is 0.228 e. The standard InChI is InChI=1S/C15H20ClN3OS/c1-3-4-12(17-2)9-15-18-14(19-20-15)10-21-13-7-5-11(16)6-8-13/h5-8,12,17H,3-4,9-10H2,1-2H3. The summed E-state index contributed by atoms with van der Waals surface area (Å²) in [4.78, 5) is 5.59. The summed E-state index contributed by atoms with van der Waals surface area (Å²) >= 11 is 7.54. The van der Waals surface area contributed by atoms with Gasteiger partial charge in [-0.25, -0.2) is 0 Å². The minimum Gasteiger partial charge on any atom is -0.339 e. The molecule has 2 rings (SSSR count). The molecule has 21 heavy (non-hydrogen) atoms. The molecular weight excluding hydrogens is 306 g/mol. The third-order valence-electron chi connectivity index (χ3n) is 3.16. The van der Waals surface area contributed by atoms with Gasteiger partial charge in [-0.2, -0.15) is 4.98 Å². The average molecular weight is 326 g/mol. The second-order valence-corrected chi connectivity index (χ2v) is 6.31. The van der Waals surface area contributed by atoms with Gasteiger partial charge in [0.2, 0.25) is 5.89 Å². The van der Waals surface area contributed by atoms with Crippen molar-refractivity contribution in [1.29, 1.82) is 0 Å². The summed E-state index contributed by atoms with van der Waals surface area (Å²) in [5.41, 5.74) is 0. The van der Waals surface area contributed by atoms with Crippen LogP contribution in [0, 0.1) is 0 Å². The quantitative estimate of drug-likeness (QED) is 0.745. The highest BCUT2D eigenvalue weighted by molar-refractivity contribution is 7.98. The molecule has 0 radical (unpaired) electrons. The molecule has 6 heteroatoms. The normalized spacial score (nSPS) is 12.5. The van der Waals surface area contributed by atoms with Gasteiger partial charge in [0.1, 0.15) is 0 Å². The number of hydrogen-bond donors (Lipinski definition) is 1. The van der Waals surface area contributed by atoms with E-state index in [1.807, 2.05) is 31.3 Å². The van der Waals surface area contributed by atoms with Crippen LogP contribution in [0.2, 0.25) is 5.02 Å². The van der Waals surface area contributed by atoms with Crippen LogP contribution in [-0.2, 0) is 12.2 Å². The van der Waals surface area contributed by atoms with Gasteiger partial charge in [-0.1, -0.05) is 30.1 Å². The number of nitrogens with one attached hydrogen (secondary N) is 1. The topological polar surface area (TPSA) is 51.0 Å². The summed E-state index contributed by atoms with van der Waals surface area (Å²) in [7, 11) is 1.97. The highest BCUT2D eigenvalue weighted by Gasteiger charge is 2.12. The lowest BCUT2D eigenvalue weighted by atomic mass is 10.1. The lowest BCUT2D eigenvalue weighted by molar-refractivity contribution is 0.353. The molecule has 0 fully saturated rings. The zero-order valence-corrected chi connectivity index (χ0v) is 13.9. The summed E-state index contributed by atoms with van der Waals surface area (Å²) in [6.07, 6.45) is 3.02. The number of likely N-dealkylation sites (N-methyl/N-ethyl adjacent to an activating group) is 1. The molecule has 4 nitrogen and oxygen atoms in total. The summed E-state index contributed by atoms with van der Waals surface area (Å²) in [5, 5.41) is 8.06. The molecule has 0 spiro atoms. The molecule has 0 saturated heterocycles. The average Bonchev–Trinajstić information content (AvgIpc) is 2.94. The van der Waals surface area contributed by atoms with Gasteiger partial charge in [-0.3, -0.25) is 0 Å². The third-order valence-corrected chi connectivity index (χ3v) is 4.42. The molecule has 1 heterocycles. The Labute approximate surface area is 134 Å². The number of aromatic nitrogens is 2. The van der Waals surface area contributed by atoms with E-state index < -0.39 is 0 Å². The summed E-state index contributed by atoms with van der Waals surface area (Å²) in [6, 6.07) is 8.15. The van der Waals surface area contributed by atoms with E-state index in [1.165, 1.54) is 0 Å². The first kappa shape index (κ1) is 16.3. The van der Waals surface area contributed by atoms with Crippen LogP contribution in [0.15, 0.2) is 33.7 Å². The molecule has 2 aromatic rings. The first-order valence-corrected chi connectivity index (χ1v) is 8.44. The third kappa shape index (κ3) is 5.34. The van der Waals surface area contributed by atoms with Gasteiger partial charge < -0.3 is 9.84 Å². The van der Waals surface area contributed by atoms with Crippen molar-refractivity contribution in [2.24, 2.45) is 0 Å². The minimum absolute atomic E-state index is 0.396. The lowest BCUT2D eigenvalue weighted by Gasteiger charge is -2.11. The van der Waals surface area contributed by atoms with E-state index in [2.05, 4.69) is 22.4 Å². The number of rotatable bonds is 8. The van der Waals surface area contributed by atoms with Crippen LogP contribution >= 0.6 is 23.4 Å². The molecule has 1 atom stereocenters. The summed E-state index contributed by atoms with van der Waals surface area (Å²) in [5.74, 6) is 2.13. The second kappa shape index (κ2) is 8.41. The SMILES string of the molecule is CCCC(Cc1nc(CSc2ccc(Cl)cc2)no1)NC. The molecule has 1 unspecified atom stereocenters.